The number of nitrogens with zero attached hydrogens (tertiary/aromatic N) is 4. The molecule has 0 amide bonds. The van der Waals surface area contributed by atoms with Crippen LogP contribution in [0.2, 0.25) is 0 Å². The van der Waals surface area contributed by atoms with Gasteiger partial charge in [-0.1, -0.05) is 42.5 Å². The molecule has 0 atom stereocenters. The maximum atomic E-state index is 12.5. The van der Waals surface area contributed by atoms with Gasteiger partial charge in [-0.2, -0.15) is 9.61 Å². The summed E-state index contributed by atoms with van der Waals surface area (Å²) in [5.41, 5.74) is 3.49. The minimum Gasteiger partial charge on any atom is -0.366 e. The molecule has 2 N–H and O–H groups in total. The van der Waals surface area contributed by atoms with Crippen LogP contribution in [-0.4, -0.2) is 55.1 Å². The smallest absolute Gasteiger partial charge is 0.240 e. The first-order chi connectivity index (χ1) is 15.8. The predicted molar refractivity (Wildman–Crippen MR) is 134 cm³/mol. The molecule has 2 aromatic carbocycles. The fourth-order valence-corrected chi connectivity index (χ4v) is 4.65. The van der Waals surface area contributed by atoms with Gasteiger partial charge in [0.05, 0.1) is 21.3 Å². The van der Waals surface area contributed by atoms with Crippen molar-refractivity contribution in [3.05, 3.63) is 76.9 Å². The first-order valence-corrected chi connectivity index (χ1v) is 12.7. The van der Waals surface area contributed by atoms with Crippen molar-refractivity contribution >= 4 is 37.4 Å². The Balaban J connectivity index is 1.52. The van der Waals surface area contributed by atoms with Gasteiger partial charge in [0.15, 0.2) is 5.65 Å². The zero-order valence-corrected chi connectivity index (χ0v) is 20.8. The molecule has 4 aromatic rings. The van der Waals surface area contributed by atoms with Crippen LogP contribution >= 0.6 is 15.9 Å². The molecule has 0 fully saturated rings. The number of fused-ring (bicyclic) bond motifs is 1. The molecule has 0 bridgehead atoms. The second kappa shape index (κ2) is 10.0. The number of aromatic nitrogens is 3. The van der Waals surface area contributed by atoms with Crippen molar-refractivity contribution < 1.29 is 8.42 Å². The van der Waals surface area contributed by atoms with E-state index in [1.807, 2.05) is 67.5 Å². The van der Waals surface area contributed by atoms with E-state index in [-0.39, 0.29) is 4.90 Å². The molecule has 0 spiro atoms. The molecule has 2 heterocycles. The maximum absolute atomic E-state index is 12.5. The Morgan fingerprint density at radius 1 is 1.06 bits per heavy atom. The van der Waals surface area contributed by atoms with Crippen molar-refractivity contribution in [1.82, 2.24) is 24.2 Å². The quantitative estimate of drug-likeness (QED) is 0.344. The number of anilines is 1. The lowest BCUT2D eigenvalue weighted by Gasteiger charge is -2.12. The number of sulfonamides is 1. The van der Waals surface area contributed by atoms with Crippen molar-refractivity contribution in [2.45, 2.75) is 11.4 Å². The first kappa shape index (κ1) is 23.4. The van der Waals surface area contributed by atoms with E-state index in [2.05, 4.69) is 31.1 Å². The maximum Gasteiger partial charge on any atom is 0.240 e. The van der Waals surface area contributed by atoms with Gasteiger partial charge in [0.2, 0.25) is 10.0 Å². The number of rotatable bonds is 9. The van der Waals surface area contributed by atoms with Crippen LogP contribution in [0, 0.1) is 0 Å². The summed E-state index contributed by atoms with van der Waals surface area (Å²) in [6.07, 6.45) is 1.71. The van der Waals surface area contributed by atoms with Crippen LogP contribution in [0.3, 0.4) is 0 Å². The van der Waals surface area contributed by atoms with Crippen LogP contribution in [0.5, 0.6) is 0 Å². The Hall–Kier alpha value is -2.79. The molecule has 0 saturated carbocycles. The Morgan fingerprint density at radius 3 is 2.48 bits per heavy atom. The third-order valence-electron chi connectivity index (χ3n) is 5.06. The normalized spacial score (nSPS) is 11.9. The van der Waals surface area contributed by atoms with Crippen molar-refractivity contribution in [3.8, 4) is 11.3 Å². The number of benzene rings is 2. The highest BCUT2D eigenvalue weighted by atomic mass is 79.9. The lowest BCUT2D eigenvalue weighted by molar-refractivity contribution is 0.412. The molecule has 33 heavy (non-hydrogen) atoms. The van der Waals surface area contributed by atoms with Gasteiger partial charge in [0.25, 0.3) is 0 Å². The number of nitrogens with one attached hydrogen (secondary N) is 2. The largest absolute Gasteiger partial charge is 0.366 e. The molecule has 8 nitrogen and oxygen atoms in total. The lowest BCUT2D eigenvalue weighted by Crippen LogP contribution is -2.31. The van der Waals surface area contributed by atoms with Gasteiger partial charge in [-0.05, 0) is 47.7 Å². The Bertz CT molecular complexity index is 1340. The second-order valence-electron chi connectivity index (χ2n) is 7.82. The van der Waals surface area contributed by atoms with Crippen molar-refractivity contribution in [2.75, 3.05) is 32.5 Å². The average Bonchev–Trinajstić information content (AvgIpc) is 3.19. The summed E-state index contributed by atoms with van der Waals surface area (Å²) >= 11 is 3.52. The molecule has 0 aliphatic rings. The van der Waals surface area contributed by atoms with Crippen LogP contribution < -0.4 is 10.0 Å². The zero-order chi connectivity index (χ0) is 23.4. The van der Waals surface area contributed by atoms with E-state index in [9.17, 15) is 8.42 Å². The topological polar surface area (TPSA) is 91.6 Å². The minimum atomic E-state index is -3.53. The minimum absolute atomic E-state index is 0.249. The fourth-order valence-electron chi connectivity index (χ4n) is 3.28. The highest BCUT2D eigenvalue weighted by Gasteiger charge is 2.14. The number of hydrogen-bond donors (Lipinski definition) is 2. The molecule has 4 rings (SSSR count). The summed E-state index contributed by atoms with van der Waals surface area (Å²) < 4.78 is 30.1. The molecule has 0 unspecified atom stereocenters. The highest BCUT2D eigenvalue weighted by molar-refractivity contribution is 9.10. The van der Waals surface area contributed by atoms with Gasteiger partial charge in [-0.15, -0.1) is 0 Å². The highest BCUT2D eigenvalue weighted by Crippen LogP contribution is 2.26. The molecular weight excluding hydrogens is 504 g/mol. The molecule has 172 valence electrons. The van der Waals surface area contributed by atoms with Crippen LogP contribution in [0.25, 0.3) is 16.9 Å². The van der Waals surface area contributed by atoms with Gasteiger partial charge in [0.1, 0.15) is 5.82 Å². The Kier molecular flexibility index (Phi) is 7.08. The summed E-state index contributed by atoms with van der Waals surface area (Å²) in [5.74, 6) is 0.784. The Labute approximate surface area is 201 Å². The Morgan fingerprint density at radius 2 is 1.79 bits per heavy atom. The van der Waals surface area contributed by atoms with E-state index < -0.39 is 10.0 Å². The van der Waals surface area contributed by atoms with Crippen LogP contribution in [0.15, 0.2) is 76.2 Å². The molecule has 2 aromatic heterocycles. The monoisotopic (exact) mass is 528 g/mol. The summed E-state index contributed by atoms with van der Waals surface area (Å²) in [6.45, 7) is 1.50. The summed E-state index contributed by atoms with van der Waals surface area (Å²) in [4.78, 5) is 6.91. The summed E-state index contributed by atoms with van der Waals surface area (Å²) in [6, 6.07) is 18.8. The van der Waals surface area contributed by atoms with Crippen molar-refractivity contribution in [2.24, 2.45) is 0 Å². The molecule has 0 aliphatic carbocycles. The fraction of sp³-hybridized carbons (Fsp3) is 0.217. The molecule has 0 saturated heterocycles. The predicted octanol–water partition coefficient (Wildman–Crippen LogP) is 3.61. The summed E-state index contributed by atoms with van der Waals surface area (Å²) in [7, 11) is 0.274. The lowest BCUT2D eigenvalue weighted by atomic mass is 10.1. The van der Waals surface area contributed by atoms with E-state index >= 15 is 0 Å². The molecule has 10 heteroatoms. The van der Waals surface area contributed by atoms with Crippen molar-refractivity contribution in [1.29, 1.82) is 0 Å². The number of hydrogen-bond acceptors (Lipinski definition) is 6. The van der Waals surface area contributed by atoms with E-state index in [1.54, 1.807) is 22.8 Å². The van der Waals surface area contributed by atoms with Crippen LogP contribution in [-0.2, 0) is 16.6 Å². The number of halogens is 1. The van der Waals surface area contributed by atoms with Gasteiger partial charge in [-0.25, -0.2) is 18.1 Å². The van der Waals surface area contributed by atoms with Crippen LogP contribution in [0.1, 0.15) is 5.56 Å². The SMILES string of the molecule is CN(C)CCNS(=O)(=O)c1ccc(CNc2cc(-c3ccccc3)nc3c(Br)cnn23)cc1. The van der Waals surface area contributed by atoms with Gasteiger partial charge >= 0.3 is 0 Å². The standard InChI is InChI=1S/C23H25BrN6O2S/c1-29(2)13-12-27-33(31,32)19-10-8-17(9-11-19)15-25-22-14-21(18-6-4-3-5-7-18)28-23-20(24)16-26-30(22)23/h3-11,14,16,25,27H,12-13,15H2,1-2H3. The molecular formula is C23H25BrN6O2S. The van der Waals surface area contributed by atoms with E-state index in [1.165, 1.54) is 0 Å². The van der Waals surface area contributed by atoms with Crippen LogP contribution in [0.4, 0.5) is 5.82 Å². The third-order valence-corrected chi connectivity index (χ3v) is 7.09. The molecule has 0 aliphatic heterocycles. The zero-order valence-electron chi connectivity index (χ0n) is 18.4. The average molecular weight is 529 g/mol. The third kappa shape index (κ3) is 5.59. The summed E-state index contributed by atoms with van der Waals surface area (Å²) in [5, 5.41) is 7.81. The van der Waals surface area contributed by atoms with Crippen molar-refractivity contribution in [3.63, 3.8) is 0 Å². The van der Waals surface area contributed by atoms with Gasteiger partial charge in [-0.3, -0.25) is 0 Å². The van der Waals surface area contributed by atoms with Gasteiger partial charge in [0, 0.05) is 31.3 Å². The number of likely N-dealkylation sites (N-methyl/N-ethyl adjacent to an activating group) is 1. The van der Waals surface area contributed by atoms with E-state index in [4.69, 9.17) is 4.98 Å². The first-order valence-electron chi connectivity index (χ1n) is 10.4. The molecule has 0 radical (unpaired) electrons. The van der Waals surface area contributed by atoms with E-state index in [0.717, 1.165) is 27.1 Å². The van der Waals surface area contributed by atoms with Gasteiger partial charge < -0.3 is 10.2 Å². The second-order valence-corrected chi connectivity index (χ2v) is 10.4. The van der Waals surface area contributed by atoms with E-state index in [0.29, 0.717) is 25.3 Å².